The van der Waals surface area contributed by atoms with E-state index in [-0.39, 0.29) is 18.3 Å². The lowest BCUT2D eigenvalue weighted by Crippen LogP contribution is -2.15. The molecule has 0 spiro atoms. The van der Waals surface area contributed by atoms with E-state index in [2.05, 4.69) is 16.4 Å². The Balaban J connectivity index is 1.70. The summed E-state index contributed by atoms with van der Waals surface area (Å²) >= 11 is 1.20. The van der Waals surface area contributed by atoms with Gasteiger partial charge in [-0.3, -0.25) is 4.79 Å². The summed E-state index contributed by atoms with van der Waals surface area (Å²) in [6, 6.07) is 16.3. The summed E-state index contributed by atoms with van der Waals surface area (Å²) in [7, 11) is 0. The summed E-state index contributed by atoms with van der Waals surface area (Å²) in [6.45, 7) is 3.99. The minimum absolute atomic E-state index is 0.0859. The monoisotopic (exact) mass is 405 g/mol. The Kier molecular flexibility index (Phi) is 6.47. The Morgan fingerprint density at radius 2 is 2.03 bits per heavy atom. The number of aromatic nitrogens is 1. The molecule has 0 saturated heterocycles. The molecular weight excluding hydrogens is 386 g/mol. The third kappa shape index (κ3) is 5.12. The quantitative estimate of drug-likeness (QED) is 0.485. The van der Waals surface area contributed by atoms with Gasteiger partial charge in [0.25, 0.3) is 0 Å². The Hall–Kier alpha value is -3.37. The van der Waals surface area contributed by atoms with Crippen LogP contribution in [0.1, 0.15) is 28.4 Å². The van der Waals surface area contributed by atoms with Gasteiger partial charge in [0.15, 0.2) is 0 Å². The topological polar surface area (TPSA) is 92.1 Å². The number of carbonyl (C=O) groups excluding carboxylic acids is 2. The van der Waals surface area contributed by atoms with E-state index < -0.39 is 5.97 Å². The lowest BCUT2D eigenvalue weighted by molar-refractivity contribution is -0.113. The fraction of sp³-hybridized carbons (Fsp3) is 0.182. The van der Waals surface area contributed by atoms with Crippen LogP contribution in [0.5, 0.6) is 0 Å². The van der Waals surface area contributed by atoms with Crippen molar-refractivity contribution in [2.75, 3.05) is 17.7 Å². The van der Waals surface area contributed by atoms with Crippen LogP contribution in [0.4, 0.5) is 5.69 Å². The first-order valence-electron chi connectivity index (χ1n) is 9.01. The largest absolute Gasteiger partial charge is 0.462 e. The number of nitrogens with zero attached hydrogens (tertiary/aromatic N) is 2. The van der Waals surface area contributed by atoms with Crippen LogP contribution in [0.2, 0.25) is 0 Å². The molecule has 1 aromatic heterocycles. The highest BCUT2D eigenvalue weighted by Crippen LogP contribution is 2.25. The average molecular weight is 405 g/mol. The van der Waals surface area contributed by atoms with E-state index in [1.807, 2.05) is 25.1 Å². The van der Waals surface area contributed by atoms with Gasteiger partial charge < -0.3 is 10.1 Å². The van der Waals surface area contributed by atoms with Crippen LogP contribution in [0.25, 0.3) is 10.9 Å². The molecule has 0 atom stereocenters. The van der Waals surface area contributed by atoms with Crippen molar-refractivity contribution < 1.29 is 14.3 Å². The number of anilines is 1. The molecule has 6 nitrogen and oxygen atoms in total. The average Bonchev–Trinajstić information content (AvgIpc) is 2.72. The van der Waals surface area contributed by atoms with Gasteiger partial charge in [-0.2, -0.15) is 5.26 Å². The normalized spacial score (nSPS) is 10.4. The van der Waals surface area contributed by atoms with Crippen LogP contribution < -0.4 is 5.32 Å². The fourth-order valence-electron chi connectivity index (χ4n) is 2.72. The van der Waals surface area contributed by atoms with Gasteiger partial charge in [0.1, 0.15) is 11.1 Å². The summed E-state index contributed by atoms with van der Waals surface area (Å²) < 4.78 is 4.97. The maximum Gasteiger partial charge on any atom is 0.338 e. The number of hydrogen-bond donors (Lipinski definition) is 1. The highest BCUT2D eigenvalue weighted by Gasteiger charge is 2.12. The fourth-order valence-corrected chi connectivity index (χ4v) is 3.48. The van der Waals surface area contributed by atoms with E-state index in [1.165, 1.54) is 11.8 Å². The molecule has 1 amide bonds. The molecule has 146 valence electrons. The number of nitriles is 1. The Labute approximate surface area is 172 Å². The summed E-state index contributed by atoms with van der Waals surface area (Å²) in [4.78, 5) is 28.7. The van der Waals surface area contributed by atoms with Crippen LogP contribution in [0.3, 0.4) is 0 Å². The first-order valence-corrected chi connectivity index (χ1v) is 10.00. The summed E-state index contributed by atoms with van der Waals surface area (Å²) in [6.07, 6.45) is 0. The maximum atomic E-state index is 12.4. The zero-order valence-electron chi connectivity index (χ0n) is 16.1. The number of fused-ring (bicyclic) bond motifs is 1. The summed E-state index contributed by atoms with van der Waals surface area (Å²) in [5.74, 6) is -0.610. The Morgan fingerprint density at radius 3 is 2.79 bits per heavy atom. The van der Waals surface area contributed by atoms with Gasteiger partial charge in [-0.25, -0.2) is 9.78 Å². The predicted octanol–water partition coefficient (Wildman–Crippen LogP) is 4.32. The molecule has 0 aliphatic heterocycles. The van der Waals surface area contributed by atoms with Gasteiger partial charge in [0.05, 0.1) is 29.0 Å². The lowest BCUT2D eigenvalue weighted by atomic mass is 10.1. The third-order valence-electron chi connectivity index (χ3n) is 4.06. The molecule has 0 unspecified atom stereocenters. The molecule has 2 aromatic carbocycles. The van der Waals surface area contributed by atoms with Gasteiger partial charge >= 0.3 is 5.97 Å². The Bertz CT molecular complexity index is 1120. The zero-order valence-corrected chi connectivity index (χ0v) is 16.9. The van der Waals surface area contributed by atoms with Crippen molar-refractivity contribution in [3.63, 3.8) is 0 Å². The molecule has 3 rings (SSSR count). The van der Waals surface area contributed by atoms with Gasteiger partial charge in [-0.1, -0.05) is 30.0 Å². The molecule has 0 fully saturated rings. The second-order valence-corrected chi connectivity index (χ2v) is 7.25. The molecular formula is C22H19N3O3S. The number of ether oxygens (including phenoxy) is 1. The SMILES string of the molecule is CCOC(=O)c1cccc(NC(=O)CSc2nc3cc(C)ccc3cc2C#N)c1. The number of pyridine rings is 1. The van der Waals surface area contributed by atoms with Crippen molar-refractivity contribution in [1.82, 2.24) is 4.98 Å². The van der Waals surface area contributed by atoms with Crippen LogP contribution in [-0.2, 0) is 9.53 Å². The van der Waals surface area contributed by atoms with Crippen molar-refractivity contribution in [2.24, 2.45) is 0 Å². The van der Waals surface area contributed by atoms with Crippen molar-refractivity contribution in [1.29, 1.82) is 5.26 Å². The second kappa shape index (κ2) is 9.22. The minimum Gasteiger partial charge on any atom is -0.462 e. The van der Waals surface area contributed by atoms with Crippen LogP contribution >= 0.6 is 11.8 Å². The molecule has 0 aliphatic carbocycles. The molecule has 1 N–H and O–H groups in total. The number of hydrogen-bond acceptors (Lipinski definition) is 6. The van der Waals surface area contributed by atoms with Crippen LogP contribution in [0.15, 0.2) is 53.6 Å². The van der Waals surface area contributed by atoms with Gasteiger partial charge in [0.2, 0.25) is 5.91 Å². The summed E-state index contributed by atoms with van der Waals surface area (Å²) in [5.41, 5.74) is 3.17. The number of nitrogens with one attached hydrogen (secondary N) is 1. The minimum atomic E-state index is -0.438. The number of esters is 1. The maximum absolute atomic E-state index is 12.4. The number of benzene rings is 2. The lowest BCUT2D eigenvalue weighted by Gasteiger charge is -2.08. The smallest absolute Gasteiger partial charge is 0.338 e. The van der Waals surface area contributed by atoms with E-state index in [1.54, 1.807) is 37.3 Å². The van der Waals surface area contributed by atoms with Gasteiger partial charge in [-0.15, -0.1) is 0 Å². The van der Waals surface area contributed by atoms with E-state index in [0.29, 0.717) is 21.8 Å². The molecule has 0 bridgehead atoms. The molecule has 7 heteroatoms. The van der Waals surface area contributed by atoms with E-state index in [0.717, 1.165) is 16.5 Å². The number of rotatable bonds is 6. The van der Waals surface area contributed by atoms with Crippen molar-refractivity contribution in [3.05, 3.63) is 65.2 Å². The molecule has 0 radical (unpaired) electrons. The number of carbonyl (C=O) groups is 2. The summed E-state index contributed by atoms with van der Waals surface area (Å²) in [5, 5.41) is 13.6. The van der Waals surface area contributed by atoms with Crippen LogP contribution in [-0.4, -0.2) is 29.2 Å². The van der Waals surface area contributed by atoms with Crippen molar-refractivity contribution in [2.45, 2.75) is 18.9 Å². The third-order valence-corrected chi connectivity index (χ3v) is 5.05. The molecule has 29 heavy (non-hydrogen) atoms. The van der Waals surface area contributed by atoms with Gasteiger partial charge in [-0.05, 0) is 49.7 Å². The number of amides is 1. The number of thioether (sulfide) groups is 1. The van der Waals surface area contributed by atoms with Crippen LogP contribution in [0, 0.1) is 18.3 Å². The van der Waals surface area contributed by atoms with E-state index in [9.17, 15) is 14.9 Å². The molecule has 0 aliphatic rings. The highest BCUT2D eigenvalue weighted by atomic mass is 32.2. The number of aryl methyl sites for hydroxylation is 1. The van der Waals surface area contributed by atoms with Crippen molar-refractivity contribution in [3.8, 4) is 6.07 Å². The standard InChI is InChI=1S/C22H19N3O3S/c1-3-28-22(27)16-5-4-6-18(11-16)24-20(26)13-29-21-17(12-23)10-15-8-7-14(2)9-19(15)25-21/h4-11H,3,13H2,1-2H3,(H,24,26). The van der Waals surface area contributed by atoms with Crippen molar-refractivity contribution >= 4 is 40.2 Å². The molecule has 1 heterocycles. The molecule has 3 aromatic rings. The highest BCUT2D eigenvalue weighted by molar-refractivity contribution is 8.00. The van der Waals surface area contributed by atoms with E-state index in [4.69, 9.17) is 4.74 Å². The zero-order chi connectivity index (χ0) is 20.8. The predicted molar refractivity (Wildman–Crippen MR) is 113 cm³/mol. The Morgan fingerprint density at radius 1 is 1.21 bits per heavy atom. The first-order chi connectivity index (χ1) is 14.0. The van der Waals surface area contributed by atoms with Gasteiger partial charge in [0, 0.05) is 11.1 Å². The molecule has 0 saturated carbocycles. The second-order valence-electron chi connectivity index (χ2n) is 6.29. The van der Waals surface area contributed by atoms with E-state index >= 15 is 0 Å². The first kappa shape index (κ1) is 20.4.